The molecule has 166 valence electrons. The summed E-state index contributed by atoms with van der Waals surface area (Å²) in [4.78, 5) is 26.5. The summed E-state index contributed by atoms with van der Waals surface area (Å²) in [5.41, 5.74) is 4.24. The third-order valence-corrected chi connectivity index (χ3v) is 6.08. The number of thiazole rings is 1. The van der Waals surface area contributed by atoms with Gasteiger partial charge in [-0.3, -0.25) is 9.36 Å². The minimum absolute atomic E-state index is 0.0162. The summed E-state index contributed by atoms with van der Waals surface area (Å²) in [6.45, 7) is 0.180. The van der Waals surface area contributed by atoms with Crippen LogP contribution in [-0.2, 0) is 0 Å². The van der Waals surface area contributed by atoms with Crippen molar-refractivity contribution in [1.82, 2.24) is 19.5 Å². The van der Waals surface area contributed by atoms with Gasteiger partial charge in [0.2, 0.25) is 5.95 Å². The number of hydrogen-bond donors (Lipinski definition) is 1. The Morgan fingerprint density at radius 2 is 1.94 bits per heavy atom. The Hall–Kier alpha value is -3.43. The first-order valence-electron chi connectivity index (χ1n) is 9.92. The molecule has 5 rings (SSSR count). The Morgan fingerprint density at radius 3 is 2.70 bits per heavy atom. The molecule has 0 saturated heterocycles. The maximum absolute atomic E-state index is 13.7. The predicted molar refractivity (Wildman–Crippen MR) is 128 cm³/mol. The summed E-state index contributed by atoms with van der Waals surface area (Å²) in [7, 11) is 0. The minimum atomic E-state index is -2.93. The average molecular weight is 484 g/mol. The van der Waals surface area contributed by atoms with Crippen LogP contribution in [0.4, 0.5) is 14.7 Å². The second kappa shape index (κ2) is 8.17. The van der Waals surface area contributed by atoms with Crippen LogP contribution in [0.5, 0.6) is 0 Å². The highest BCUT2D eigenvalue weighted by atomic mass is 35.5. The number of rotatable bonds is 5. The Morgan fingerprint density at radius 1 is 1.15 bits per heavy atom. The van der Waals surface area contributed by atoms with Gasteiger partial charge < -0.3 is 5.32 Å². The zero-order chi connectivity index (χ0) is 23.2. The van der Waals surface area contributed by atoms with Crippen LogP contribution in [0.1, 0.15) is 6.92 Å². The maximum Gasteiger partial charge on any atom is 0.265 e. The van der Waals surface area contributed by atoms with Gasteiger partial charge >= 0.3 is 0 Å². The molecule has 3 heterocycles. The van der Waals surface area contributed by atoms with Gasteiger partial charge in [0, 0.05) is 29.7 Å². The summed E-state index contributed by atoms with van der Waals surface area (Å²) in [5, 5.41) is 3.65. The molecule has 5 aromatic rings. The maximum atomic E-state index is 13.7. The molecule has 0 aliphatic rings. The summed E-state index contributed by atoms with van der Waals surface area (Å²) >= 11 is 7.53. The lowest BCUT2D eigenvalue weighted by molar-refractivity contribution is 0.0366. The van der Waals surface area contributed by atoms with E-state index in [1.54, 1.807) is 36.0 Å². The van der Waals surface area contributed by atoms with E-state index >= 15 is 0 Å². The fourth-order valence-corrected chi connectivity index (χ4v) is 4.32. The van der Waals surface area contributed by atoms with Crippen LogP contribution in [0, 0.1) is 0 Å². The lowest BCUT2D eigenvalue weighted by Gasteiger charge is -2.14. The standard InChI is InChI=1S/C23H16ClF2N5OS/c1-23(25,26)11-28-22-27-9-14-10-31(16-6-7-17-18(8-16)33-12-29-17)21(32)19(20(14)30-22)13-2-4-15(24)5-3-13/h2-10,12H,11H2,1H3,(H,28,30). The number of nitrogens with one attached hydrogen (secondary N) is 1. The lowest BCUT2D eigenvalue weighted by atomic mass is 10.0. The second-order valence-electron chi connectivity index (χ2n) is 7.61. The number of aromatic nitrogens is 4. The molecule has 1 N–H and O–H groups in total. The molecule has 0 aliphatic carbocycles. The fourth-order valence-electron chi connectivity index (χ4n) is 3.49. The van der Waals surface area contributed by atoms with E-state index in [-0.39, 0.29) is 11.5 Å². The van der Waals surface area contributed by atoms with Gasteiger partial charge in [0.25, 0.3) is 11.5 Å². The van der Waals surface area contributed by atoms with Crippen molar-refractivity contribution in [2.45, 2.75) is 12.8 Å². The molecule has 0 fully saturated rings. The van der Waals surface area contributed by atoms with Crippen molar-refractivity contribution in [3.63, 3.8) is 0 Å². The van der Waals surface area contributed by atoms with Crippen LogP contribution in [0.15, 0.2) is 65.2 Å². The molecule has 10 heteroatoms. The van der Waals surface area contributed by atoms with Gasteiger partial charge in [0.15, 0.2) is 0 Å². The van der Waals surface area contributed by atoms with Crippen LogP contribution < -0.4 is 10.9 Å². The molecular weight excluding hydrogens is 468 g/mol. The molecule has 0 aliphatic heterocycles. The average Bonchev–Trinajstić information content (AvgIpc) is 3.25. The van der Waals surface area contributed by atoms with E-state index in [4.69, 9.17) is 11.6 Å². The smallest absolute Gasteiger partial charge is 0.265 e. The van der Waals surface area contributed by atoms with Crippen LogP contribution in [0.3, 0.4) is 0 Å². The zero-order valence-corrected chi connectivity index (χ0v) is 18.8. The molecule has 0 spiro atoms. The third-order valence-electron chi connectivity index (χ3n) is 5.04. The molecule has 3 aromatic heterocycles. The number of alkyl halides is 2. The minimum Gasteiger partial charge on any atom is -0.348 e. The predicted octanol–water partition coefficient (Wildman–Crippen LogP) is 5.78. The van der Waals surface area contributed by atoms with Crippen molar-refractivity contribution in [2.75, 3.05) is 11.9 Å². The van der Waals surface area contributed by atoms with Gasteiger partial charge in [0.05, 0.1) is 39.0 Å². The summed E-state index contributed by atoms with van der Waals surface area (Å²) in [5.74, 6) is -2.92. The summed E-state index contributed by atoms with van der Waals surface area (Å²) in [6.07, 6.45) is 3.16. The third kappa shape index (κ3) is 4.29. The van der Waals surface area contributed by atoms with E-state index in [0.717, 1.165) is 17.1 Å². The SMILES string of the molecule is CC(F)(F)CNc1ncc2cn(-c3ccc4ncsc4c3)c(=O)c(-c3ccc(Cl)cc3)c2n1. The van der Waals surface area contributed by atoms with E-state index in [0.29, 0.717) is 32.7 Å². The van der Waals surface area contributed by atoms with Gasteiger partial charge in [-0.25, -0.2) is 23.7 Å². The van der Waals surface area contributed by atoms with Gasteiger partial charge in [-0.1, -0.05) is 23.7 Å². The van der Waals surface area contributed by atoms with Crippen LogP contribution in [-0.4, -0.2) is 32.0 Å². The molecule has 0 bridgehead atoms. The van der Waals surface area contributed by atoms with Crippen molar-refractivity contribution >= 4 is 50.0 Å². The zero-order valence-electron chi connectivity index (χ0n) is 17.2. The quantitative estimate of drug-likeness (QED) is 0.343. The largest absolute Gasteiger partial charge is 0.348 e. The monoisotopic (exact) mass is 483 g/mol. The van der Waals surface area contributed by atoms with Crippen molar-refractivity contribution in [1.29, 1.82) is 0 Å². The number of hydrogen-bond acceptors (Lipinski definition) is 6. The van der Waals surface area contributed by atoms with E-state index < -0.39 is 12.5 Å². The van der Waals surface area contributed by atoms with Crippen molar-refractivity contribution in [3.05, 3.63) is 75.7 Å². The Balaban J connectivity index is 1.73. The normalized spacial score (nSPS) is 11.9. The second-order valence-corrected chi connectivity index (χ2v) is 8.93. The number of halogens is 3. The summed E-state index contributed by atoms with van der Waals surface area (Å²) < 4.78 is 29.1. The Bertz CT molecular complexity index is 1540. The lowest BCUT2D eigenvalue weighted by Crippen LogP contribution is -2.24. The molecule has 33 heavy (non-hydrogen) atoms. The van der Waals surface area contributed by atoms with Crippen molar-refractivity contribution in [2.24, 2.45) is 0 Å². The Kier molecular flexibility index (Phi) is 5.30. The molecule has 0 unspecified atom stereocenters. The van der Waals surface area contributed by atoms with Crippen LogP contribution >= 0.6 is 22.9 Å². The molecule has 2 aromatic carbocycles. The molecular formula is C23H16ClF2N5OS. The highest BCUT2D eigenvalue weighted by Crippen LogP contribution is 2.28. The molecule has 0 amide bonds. The van der Waals surface area contributed by atoms with Gasteiger partial charge in [-0.05, 0) is 35.9 Å². The van der Waals surface area contributed by atoms with Gasteiger partial charge in [-0.2, -0.15) is 0 Å². The van der Waals surface area contributed by atoms with E-state index in [2.05, 4.69) is 20.3 Å². The summed E-state index contributed by atoms with van der Waals surface area (Å²) in [6, 6.07) is 12.4. The highest BCUT2D eigenvalue weighted by Gasteiger charge is 2.22. The van der Waals surface area contributed by atoms with E-state index in [1.165, 1.54) is 22.1 Å². The fraction of sp³-hybridized carbons (Fsp3) is 0.130. The molecule has 0 radical (unpaired) electrons. The first-order chi connectivity index (χ1) is 15.8. The van der Waals surface area contributed by atoms with E-state index in [9.17, 15) is 13.6 Å². The molecule has 6 nitrogen and oxygen atoms in total. The van der Waals surface area contributed by atoms with E-state index in [1.807, 2.05) is 18.2 Å². The topological polar surface area (TPSA) is 72.7 Å². The Labute approximate surface area is 195 Å². The van der Waals surface area contributed by atoms with Gasteiger partial charge in [-0.15, -0.1) is 11.3 Å². The first-order valence-corrected chi connectivity index (χ1v) is 11.2. The highest BCUT2D eigenvalue weighted by molar-refractivity contribution is 7.16. The van der Waals surface area contributed by atoms with Crippen LogP contribution in [0.25, 0.3) is 37.9 Å². The molecule has 0 atom stereocenters. The molecule has 0 saturated carbocycles. The van der Waals surface area contributed by atoms with Gasteiger partial charge in [0.1, 0.15) is 0 Å². The number of benzene rings is 2. The van der Waals surface area contributed by atoms with Crippen LogP contribution in [0.2, 0.25) is 5.02 Å². The number of pyridine rings is 1. The number of anilines is 1. The number of nitrogens with zero attached hydrogens (tertiary/aromatic N) is 4. The first kappa shape index (κ1) is 21.4. The van der Waals surface area contributed by atoms with Crippen molar-refractivity contribution < 1.29 is 8.78 Å². The number of fused-ring (bicyclic) bond motifs is 2. The van der Waals surface area contributed by atoms with Crippen molar-refractivity contribution in [3.8, 4) is 16.8 Å².